The van der Waals surface area contributed by atoms with Gasteiger partial charge in [-0.1, -0.05) is 23.2 Å². The maximum absolute atomic E-state index is 11.7. The van der Waals surface area contributed by atoms with E-state index in [1.165, 1.54) is 7.11 Å². The highest BCUT2D eigenvalue weighted by Gasteiger charge is 2.23. The molecular weight excluding hydrogens is 563 g/mol. The van der Waals surface area contributed by atoms with Crippen LogP contribution < -0.4 is 16.2 Å². The smallest absolute Gasteiger partial charge is 0.305 e. The quantitative estimate of drug-likeness (QED) is 0.245. The molecule has 0 unspecified atom stereocenters. The third-order valence-corrected chi connectivity index (χ3v) is 8.22. The Bertz CT molecular complexity index is 1260. The highest BCUT2D eigenvalue weighted by atomic mass is 35.5. The maximum atomic E-state index is 11.7. The lowest BCUT2D eigenvalue weighted by Gasteiger charge is -2.33. The van der Waals surface area contributed by atoms with Crippen LogP contribution >= 0.6 is 23.2 Å². The van der Waals surface area contributed by atoms with Crippen LogP contribution in [-0.4, -0.2) is 79.1 Å². The van der Waals surface area contributed by atoms with Gasteiger partial charge in [0.15, 0.2) is 5.88 Å². The Balaban J connectivity index is 1.55. The van der Waals surface area contributed by atoms with Crippen LogP contribution in [0.25, 0.3) is 11.3 Å². The number of aromatic nitrogens is 1. The predicted molar refractivity (Wildman–Crippen MR) is 163 cm³/mol. The second-order valence-electron chi connectivity index (χ2n) is 10.8. The van der Waals surface area contributed by atoms with Crippen LogP contribution in [0.15, 0.2) is 48.1 Å². The number of nitrogens with two attached hydrogens (primary N) is 2. The van der Waals surface area contributed by atoms with Gasteiger partial charge in [-0.25, -0.2) is 4.98 Å². The van der Waals surface area contributed by atoms with Crippen molar-refractivity contribution in [1.29, 1.82) is 0 Å². The fraction of sp³-hybridized carbons (Fsp3) is 0.467. The first-order valence-electron chi connectivity index (χ1n) is 13.9. The van der Waals surface area contributed by atoms with Gasteiger partial charge < -0.3 is 30.7 Å². The molecule has 0 radical (unpaired) electrons. The second-order valence-corrected chi connectivity index (χ2v) is 11.7. The Morgan fingerprint density at radius 2 is 1.68 bits per heavy atom. The number of hydrogen-bond donors (Lipinski definition) is 2. The molecule has 4 N–H and O–H groups in total. The van der Waals surface area contributed by atoms with Crippen LogP contribution in [0.3, 0.4) is 0 Å². The lowest BCUT2D eigenvalue weighted by Crippen LogP contribution is -2.45. The van der Waals surface area contributed by atoms with Gasteiger partial charge in [0.05, 0.1) is 18.6 Å². The number of hydrogen-bond acceptors (Lipinski definition) is 9. The van der Waals surface area contributed by atoms with Crippen molar-refractivity contribution < 1.29 is 14.3 Å². The molecule has 2 aliphatic rings. The third kappa shape index (κ3) is 8.75. The number of carbonyl (C=O) groups excluding carboxylic acids is 1. The van der Waals surface area contributed by atoms with Gasteiger partial charge in [0.25, 0.3) is 0 Å². The maximum Gasteiger partial charge on any atom is 0.305 e. The predicted octanol–water partition coefficient (Wildman–Crippen LogP) is 4.37. The number of methoxy groups -OCH3 is 1. The Hall–Kier alpha value is -2.98. The van der Waals surface area contributed by atoms with E-state index in [2.05, 4.69) is 27.8 Å². The van der Waals surface area contributed by atoms with Gasteiger partial charge in [-0.3, -0.25) is 9.69 Å². The van der Waals surface area contributed by atoms with E-state index in [-0.39, 0.29) is 11.9 Å². The molecule has 1 aromatic heterocycles. The summed E-state index contributed by atoms with van der Waals surface area (Å²) in [5, 5.41) is 1.05. The van der Waals surface area contributed by atoms with E-state index in [4.69, 9.17) is 49.1 Å². The van der Waals surface area contributed by atoms with E-state index in [1.807, 2.05) is 19.1 Å². The molecule has 0 aliphatic carbocycles. The normalized spacial score (nSPS) is 18.0. The van der Waals surface area contributed by atoms with Crippen molar-refractivity contribution in [3.05, 3.63) is 69.3 Å². The molecule has 1 aromatic carbocycles. The van der Waals surface area contributed by atoms with Crippen LogP contribution in [0.2, 0.25) is 10.0 Å². The van der Waals surface area contributed by atoms with E-state index in [9.17, 15) is 4.79 Å². The number of ether oxygens (including phenoxy) is 2. The minimum atomic E-state index is -0.147. The number of piperazine rings is 1. The number of allylic oxidation sites excluding steroid dienone is 2. The number of esters is 1. The molecule has 222 valence electrons. The van der Waals surface area contributed by atoms with Crippen molar-refractivity contribution in [3.8, 4) is 17.1 Å². The molecule has 0 bridgehead atoms. The van der Waals surface area contributed by atoms with Gasteiger partial charge in [0.2, 0.25) is 5.88 Å². The van der Waals surface area contributed by atoms with Crippen molar-refractivity contribution >= 4 is 29.2 Å². The van der Waals surface area contributed by atoms with Crippen LogP contribution in [-0.2, 0) is 16.1 Å². The second kappa shape index (κ2) is 14.3. The molecule has 2 fully saturated rings. The molecule has 0 saturated carbocycles. The molecule has 11 heteroatoms. The van der Waals surface area contributed by atoms with Crippen molar-refractivity contribution in [1.82, 2.24) is 19.7 Å². The van der Waals surface area contributed by atoms with Gasteiger partial charge in [-0.2, -0.15) is 0 Å². The van der Waals surface area contributed by atoms with Gasteiger partial charge >= 0.3 is 5.97 Å². The molecule has 0 atom stereocenters. The van der Waals surface area contributed by atoms with Crippen molar-refractivity contribution in [2.45, 2.75) is 32.7 Å². The van der Waals surface area contributed by atoms with Gasteiger partial charge in [-0.05, 0) is 81.7 Å². The minimum absolute atomic E-state index is 0.147. The number of piperidine rings is 1. The fourth-order valence-electron chi connectivity index (χ4n) is 5.14. The Labute approximate surface area is 252 Å². The SMILES string of the molecule is COC(=O)CC1CCN(Cc2cc(-c3cc(Cl)cc(Cl)c3)nc(O/C(N)=C/C=C(\N)N3CCN(C)CC3)c2C)CC1. The fourth-order valence-corrected chi connectivity index (χ4v) is 5.67. The van der Waals surface area contributed by atoms with E-state index < -0.39 is 0 Å². The van der Waals surface area contributed by atoms with Gasteiger partial charge in [0, 0.05) is 66.4 Å². The molecule has 2 aliphatic heterocycles. The van der Waals surface area contributed by atoms with E-state index >= 15 is 0 Å². The lowest BCUT2D eigenvalue weighted by molar-refractivity contribution is -0.142. The number of likely N-dealkylation sites (N-methyl/N-ethyl adjacent to an activating group) is 1. The molecule has 3 heterocycles. The van der Waals surface area contributed by atoms with Crippen LogP contribution in [0, 0.1) is 12.8 Å². The number of pyridine rings is 1. The Kier molecular flexibility index (Phi) is 10.8. The van der Waals surface area contributed by atoms with Crippen molar-refractivity contribution in [2.24, 2.45) is 17.4 Å². The van der Waals surface area contributed by atoms with E-state index in [1.54, 1.807) is 18.2 Å². The zero-order chi connectivity index (χ0) is 29.5. The number of halogens is 2. The van der Waals surface area contributed by atoms with Crippen molar-refractivity contribution in [3.63, 3.8) is 0 Å². The molecule has 0 amide bonds. The summed E-state index contributed by atoms with van der Waals surface area (Å²) in [4.78, 5) is 23.3. The summed E-state index contributed by atoms with van der Waals surface area (Å²) < 4.78 is 10.9. The van der Waals surface area contributed by atoms with E-state index in [0.29, 0.717) is 46.3 Å². The number of nitrogens with zero attached hydrogens (tertiary/aromatic N) is 4. The first-order valence-corrected chi connectivity index (χ1v) is 14.7. The summed E-state index contributed by atoms with van der Waals surface area (Å²) in [6.45, 7) is 8.10. The number of benzene rings is 1. The highest BCUT2D eigenvalue weighted by molar-refractivity contribution is 6.35. The average Bonchev–Trinajstić information content (AvgIpc) is 2.94. The molecular formula is C30H40Cl2N6O3. The van der Waals surface area contributed by atoms with Crippen molar-refractivity contribution in [2.75, 3.05) is 53.4 Å². The highest BCUT2D eigenvalue weighted by Crippen LogP contribution is 2.32. The first kappa shape index (κ1) is 31.0. The monoisotopic (exact) mass is 602 g/mol. The summed E-state index contributed by atoms with van der Waals surface area (Å²) >= 11 is 12.6. The summed E-state index contributed by atoms with van der Waals surface area (Å²) in [5.74, 6) is 1.44. The van der Waals surface area contributed by atoms with Gasteiger partial charge in [-0.15, -0.1) is 0 Å². The zero-order valence-corrected chi connectivity index (χ0v) is 25.5. The molecule has 9 nitrogen and oxygen atoms in total. The summed E-state index contributed by atoms with van der Waals surface area (Å²) in [6, 6.07) is 7.40. The molecule has 2 aromatic rings. The number of rotatable bonds is 9. The molecule has 41 heavy (non-hydrogen) atoms. The zero-order valence-electron chi connectivity index (χ0n) is 24.0. The summed E-state index contributed by atoms with van der Waals surface area (Å²) in [6.07, 6.45) is 5.79. The number of likely N-dealkylation sites (tertiary alicyclic amines) is 1. The van der Waals surface area contributed by atoms with Crippen LogP contribution in [0.1, 0.15) is 30.4 Å². The van der Waals surface area contributed by atoms with Crippen LogP contribution in [0.4, 0.5) is 0 Å². The Morgan fingerprint density at radius 3 is 2.32 bits per heavy atom. The Morgan fingerprint density at radius 1 is 1.02 bits per heavy atom. The molecule has 4 rings (SSSR count). The average molecular weight is 604 g/mol. The topological polar surface area (TPSA) is 110 Å². The largest absolute Gasteiger partial charge is 0.469 e. The molecule has 2 saturated heterocycles. The summed E-state index contributed by atoms with van der Waals surface area (Å²) in [7, 11) is 3.54. The summed E-state index contributed by atoms with van der Waals surface area (Å²) in [5.41, 5.74) is 16.0. The van der Waals surface area contributed by atoms with E-state index in [0.717, 1.165) is 68.8 Å². The first-order chi connectivity index (χ1) is 19.6. The van der Waals surface area contributed by atoms with Crippen LogP contribution in [0.5, 0.6) is 5.88 Å². The minimum Gasteiger partial charge on any atom is -0.469 e. The molecule has 0 spiro atoms. The standard InChI is InChI=1S/C30H40Cl2N6O3/c1-20-23(19-37-8-6-21(7-9-37)14-29(39)40-3)17-26(22-15-24(31)18-25(32)16-22)35-30(20)41-28(34)5-4-27(33)38-12-10-36(2)11-13-38/h4-5,15-18,21H,6-14,19,33-34H2,1-3H3/b27-4+,28-5+. The van der Waals surface area contributed by atoms with Gasteiger partial charge in [0.1, 0.15) is 0 Å². The lowest BCUT2D eigenvalue weighted by atomic mass is 9.93. The number of carbonyl (C=O) groups is 1. The third-order valence-electron chi connectivity index (χ3n) is 7.78.